The monoisotopic (exact) mass is 494 g/mol. The van der Waals surface area contributed by atoms with Gasteiger partial charge in [0.2, 0.25) is 0 Å². The van der Waals surface area contributed by atoms with E-state index in [0.717, 1.165) is 38.6 Å². The first-order valence-corrected chi connectivity index (χ1v) is 10.9. The fourth-order valence-corrected chi connectivity index (χ4v) is 3.58. The summed E-state index contributed by atoms with van der Waals surface area (Å²) >= 11 is 3.54. The zero-order chi connectivity index (χ0) is 22.8. The first-order chi connectivity index (χ1) is 15.3. The summed E-state index contributed by atoms with van der Waals surface area (Å²) in [5.41, 5.74) is 5.84. The second kappa shape index (κ2) is 9.00. The van der Waals surface area contributed by atoms with Crippen LogP contribution in [0, 0.1) is 27.7 Å². The average Bonchev–Trinajstić information content (AvgIpc) is 3.25. The number of hydrogen-bond acceptors (Lipinski definition) is 5. The molecule has 0 bridgehead atoms. The summed E-state index contributed by atoms with van der Waals surface area (Å²) in [6.07, 6.45) is 0. The van der Waals surface area contributed by atoms with Crippen molar-refractivity contribution in [3.8, 4) is 11.4 Å². The Labute approximate surface area is 194 Å². The maximum Gasteiger partial charge on any atom is 0.255 e. The number of aryl methyl sites for hydroxylation is 3. The molecule has 0 aliphatic heterocycles. The lowest BCUT2D eigenvalue weighted by atomic mass is 10.2. The van der Waals surface area contributed by atoms with Crippen molar-refractivity contribution in [3.63, 3.8) is 0 Å². The lowest BCUT2D eigenvalue weighted by molar-refractivity contribution is 0.102. The fourth-order valence-electron chi connectivity index (χ4n) is 3.33. The van der Waals surface area contributed by atoms with Gasteiger partial charge in [0.15, 0.2) is 0 Å². The second-order valence-corrected chi connectivity index (χ2v) is 8.31. The van der Waals surface area contributed by atoms with Gasteiger partial charge >= 0.3 is 0 Å². The molecule has 2 aromatic heterocycles. The molecule has 1 N–H and O–H groups in total. The molecule has 0 aliphatic rings. The molecule has 0 radical (unpaired) electrons. The molecule has 164 valence electrons. The van der Waals surface area contributed by atoms with E-state index in [9.17, 15) is 4.79 Å². The molecular formula is C24H23BrN4O3. The quantitative estimate of drug-likeness (QED) is 0.372. The van der Waals surface area contributed by atoms with Crippen molar-refractivity contribution in [1.82, 2.24) is 14.9 Å². The van der Waals surface area contributed by atoms with Crippen molar-refractivity contribution < 1.29 is 14.1 Å². The van der Waals surface area contributed by atoms with E-state index in [4.69, 9.17) is 9.26 Å². The summed E-state index contributed by atoms with van der Waals surface area (Å²) in [5, 5.41) is 11.4. The molecule has 7 nitrogen and oxygen atoms in total. The van der Waals surface area contributed by atoms with E-state index in [1.54, 1.807) is 12.1 Å². The molecule has 0 fully saturated rings. The van der Waals surface area contributed by atoms with Crippen molar-refractivity contribution in [2.75, 3.05) is 5.32 Å². The van der Waals surface area contributed by atoms with Crippen molar-refractivity contribution >= 4 is 27.5 Å². The van der Waals surface area contributed by atoms with Crippen LogP contribution in [0.25, 0.3) is 5.69 Å². The number of rotatable bonds is 6. The highest BCUT2D eigenvalue weighted by molar-refractivity contribution is 9.10. The summed E-state index contributed by atoms with van der Waals surface area (Å²) in [6, 6.07) is 14.6. The van der Waals surface area contributed by atoms with Crippen molar-refractivity contribution in [3.05, 3.63) is 87.0 Å². The molecule has 4 aromatic rings. The van der Waals surface area contributed by atoms with Gasteiger partial charge in [0.1, 0.15) is 18.1 Å². The highest BCUT2D eigenvalue weighted by Gasteiger charge is 2.12. The molecule has 0 aliphatic carbocycles. The van der Waals surface area contributed by atoms with Crippen LogP contribution in [0.5, 0.6) is 5.75 Å². The first kappa shape index (κ1) is 21.8. The molecule has 4 rings (SSSR count). The molecule has 1 amide bonds. The topological polar surface area (TPSA) is 82.2 Å². The molecule has 8 heteroatoms. The Balaban J connectivity index is 1.38. The zero-order valence-corrected chi connectivity index (χ0v) is 19.9. The van der Waals surface area contributed by atoms with Gasteiger partial charge in [0.05, 0.1) is 32.8 Å². The number of nitrogens with one attached hydrogen (secondary N) is 1. The predicted octanol–water partition coefficient (Wildman–Crippen LogP) is 5.69. The van der Waals surface area contributed by atoms with Gasteiger partial charge in [-0.25, -0.2) is 4.68 Å². The average molecular weight is 495 g/mol. The zero-order valence-electron chi connectivity index (χ0n) is 18.3. The Hall–Kier alpha value is -3.39. The lowest BCUT2D eigenvalue weighted by Crippen LogP contribution is -2.12. The molecule has 0 unspecified atom stereocenters. The van der Waals surface area contributed by atoms with Crippen LogP contribution < -0.4 is 10.1 Å². The van der Waals surface area contributed by atoms with E-state index < -0.39 is 0 Å². The fraction of sp³-hybridized carbons (Fsp3) is 0.208. The van der Waals surface area contributed by atoms with Crippen LogP contribution in [0.1, 0.15) is 38.8 Å². The number of nitrogens with zero attached hydrogens (tertiary/aromatic N) is 3. The van der Waals surface area contributed by atoms with Gasteiger partial charge in [-0.3, -0.25) is 4.79 Å². The summed E-state index contributed by atoms with van der Waals surface area (Å²) < 4.78 is 13.8. The van der Waals surface area contributed by atoms with E-state index >= 15 is 0 Å². The van der Waals surface area contributed by atoms with Gasteiger partial charge in [0.25, 0.3) is 5.91 Å². The molecule has 0 saturated carbocycles. The minimum atomic E-state index is -0.185. The number of carbonyl (C=O) groups is 1. The van der Waals surface area contributed by atoms with Crippen LogP contribution in [-0.2, 0) is 6.61 Å². The highest BCUT2D eigenvalue weighted by Crippen LogP contribution is 2.24. The third kappa shape index (κ3) is 4.45. The molecule has 0 spiro atoms. The summed E-state index contributed by atoms with van der Waals surface area (Å²) in [4.78, 5) is 12.6. The normalized spacial score (nSPS) is 10.9. The van der Waals surface area contributed by atoms with Crippen molar-refractivity contribution in [1.29, 1.82) is 0 Å². The Kier molecular flexibility index (Phi) is 6.14. The Bertz CT molecular complexity index is 1240. The second-order valence-electron chi connectivity index (χ2n) is 7.51. The largest absolute Gasteiger partial charge is 0.489 e. The van der Waals surface area contributed by atoms with Gasteiger partial charge in [-0.1, -0.05) is 5.16 Å². The predicted molar refractivity (Wildman–Crippen MR) is 125 cm³/mol. The van der Waals surface area contributed by atoms with E-state index in [2.05, 4.69) is 31.5 Å². The number of ether oxygens (including phenoxy) is 1. The van der Waals surface area contributed by atoms with Gasteiger partial charge in [-0.15, -0.1) is 0 Å². The molecule has 2 heterocycles. The molecule has 2 aromatic carbocycles. The number of carbonyl (C=O) groups excluding carboxylic acids is 1. The van der Waals surface area contributed by atoms with E-state index in [-0.39, 0.29) is 5.91 Å². The maximum absolute atomic E-state index is 12.6. The highest BCUT2D eigenvalue weighted by atomic mass is 79.9. The third-order valence-corrected chi connectivity index (χ3v) is 6.40. The minimum Gasteiger partial charge on any atom is -0.489 e. The lowest BCUT2D eigenvalue weighted by Gasteiger charge is -2.09. The molecule has 0 atom stereocenters. The van der Waals surface area contributed by atoms with Gasteiger partial charge in [0, 0.05) is 11.3 Å². The van der Waals surface area contributed by atoms with Gasteiger partial charge < -0.3 is 14.6 Å². The number of aromatic nitrogens is 3. The standard InChI is InChI=1S/C24H23BrN4O3/c1-14-22(17(4)32-28-14)13-31-21-11-7-19(8-12-21)26-24(30)18-5-9-20(10-6-18)29-16(3)23(25)15(2)27-29/h5-12H,13H2,1-4H3,(H,26,30). The van der Waals surface area contributed by atoms with Gasteiger partial charge in [-0.05, 0) is 92.2 Å². The van der Waals surface area contributed by atoms with Crippen LogP contribution >= 0.6 is 15.9 Å². The van der Waals surface area contributed by atoms with E-state index in [1.807, 2.05) is 68.8 Å². The number of amides is 1. The Morgan fingerprint density at radius 1 is 1.03 bits per heavy atom. The Morgan fingerprint density at radius 3 is 2.28 bits per heavy atom. The van der Waals surface area contributed by atoms with Crippen LogP contribution in [0.15, 0.2) is 57.5 Å². The van der Waals surface area contributed by atoms with Crippen LogP contribution in [-0.4, -0.2) is 20.8 Å². The Morgan fingerprint density at radius 2 is 1.72 bits per heavy atom. The number of hydrogen-bond donors (Lipinski definition) is 1. The first-order valence-electron chi connectivity index (χ1n) is 10.1. The van der Waals surface area contributed by atoms with Crippen LogP contribution in [0.3, 0.4) is 0 Å². The number of benzene rings is 2. The summed E-state index contributed by atoms with van der Waals surface area (Å²) in [5.74, 6) is 1.27. The SMILES string of the molecule is Cc1nn(-c2ccc(C(=O)Nc3ccc(OCc4c(C)noc4C)cc3)cc2)c(C)c1Br. The number of anilines is 1. The third-order valence-electron chi connectivity index (χ3n) is 5.25. The van der Waals surface area contributed by atoms with Crippen LogP contribution in [0.2, 0.25) is 0 Å². The molecule has 0 saturated heterocycles. The maximum atomic E-state index is 12.6. The smallest absolute Gasteiger partial charge is 0.255 e. The van der Waals surface area contributed by atoms with E-state index in [0.29, 0.717) is 23.6 Å². The molecule has 32 heavy (non-hydrogen) atoms. The van der Waals surface area contributed by atoms with Gasteiger partial charge in [-0.2, -0.15) is 5.10 Å². The van der Waals surface area contributed by atoms with Crippen molar-refractivity contribution in [2.24, 2.45) is 0 Å². The summed E-state index contributed by atoms with van der Waals surface area (Å²) in [6.45, 7) is 8.07. The van der Waals surface area contributed by atoms with E-state index in [1.165, 1.54) is 0 Å². The summed E-state index contributed by atoms with van der Waals surface area (Å²) in [7, 11) is 0. The van der Waals surface area contributed by atoms with Crippen molar-refractivity contribution in [2.45, 2.75) is 34.3 Å². The number of halogens is 1. The molecular weight excluding hydrogens is 472 g/mol. The minimum absolute atomic E-state index is 0.185. The van der Waals surface area contributed by atoms with Crippen LogP contribution in [0.4, 0.5) is 5.69 Å².